The van der Waals surface area contributed by atoms with Gasteiger partial charge in [0.2, 0.25) is 0 Å². The zero-order valence-corrected chi connectivity index (χ0v) is 18.5. The molecule has 3 nitrogen and oxygen atoms in total. The summed E-state index contributed by atoms with van der Waals surface area (Å²) in [7, 11) is 0. The van der Waals surface area contributed by atoms with Crippen LogP contribution in [0.4, 0.5) is 57.1 Å². The van der Waals surface area contributed by atoms with Crippen molar-refractivity contribution < 1.29 is 87.1 Å². The van der Waals surface area contributed by atoms with Crippen molar-refractivity contribution in [1.29, 1.82) is 0 Å². The van der Waals surface area contributed by atoms with Crippen molar-refractivity contribution in [3.8, 4) is 0 Å². The number of hydrogen-bond donors (Lipinski definition) is 0. The third-order valence-corrected chi connectivity index (χ3v) is 11.3. The van der Waals surface area contributed by atoms with Crippen LogP contribution >= 0.6 is 0 Å². The van der Waals surface area contributed by atoms with Gasteiger partial charge < -0.3 is 0 Å². The second-order valence-corrected chi connectivity index (χ2v) is 12.2. The molecular formula is C14H19F13O3Zr. The predicted octanol–water partition coefficient (Wildman–Crippen LogP) is 5.77. The fourth-order valence-electron chi connectivity index (χ4n) is 2.25. The van der Waals surface area contributed by atoms with E-state index in [1.54, 1.807) is 0 Å². The van der Waals surface area contributed by atoms with Crippen LogP contribution in [-0.4, -0.2) is 66.2 Å². The molecule has 0 aromatic heterocycles. The minimum atomic E-state index is -7.53. The van der Waals surface area contributed by atoms with Crippen LogP contribution < -0.4 is 0 Å². The number of alkyl halides is 13. The van der Waals surface area contributed by atoms with Crippen LogP contribution in [0.3, 0.4) is 0 Å². The summed E-state index contributed by atoms with van der Waals surface area (Å²) in [6.07, 6.45) is -14.8. The first-order valence-corrected chi connectivity index (χ1v) is 12.9. The molecular weight excluding hydrogens is 554 g/mol. The summed E-state index contributed by atoms with van der Waals surface area (Å²) in [6, 6.07) is 0. The van der Waals surface area contributed by atoms with Gasteiger partial charge in [0.05, 0.1) is 0 Å². The Kier molecular flexibility index (Phi) is 10.8. The van der Waals surface area contributed by atoms with Gasteiger partial charge in [0, 0.05) is 0 Å². The first-order chi connectivity index (χ1) is 13.9. The van der Waals surface area contributed by atoms with Crippen molar-refractivity contribution in [3.05, 3.63) is 0 Å². The van der Waals surface area contributed by atoms with Gasteiger partial charge in [-0.25, -0.2) is 0 Å². The van der Waals surface area contributed by atoms with Crippen molar-refractivity contribution in [2.75, 3.05) is 19.8 Å². The Labute approximate surface area is 174 Å². The standard InChI is InChI=1S/C8H4F13.3C2H5O.Zr/c9-1-5(14,15)7(18,19)8(20,21)6(16,17)3(11)2(10)4(12)13;3*1-2-3;/h1-4H;3*2H2,1H3;/q;3*-1;+3. The second kappa shape index (κ2) is 10.9. The minimum absolute atomic E-state index is 0.699. The molecule has 0 saturated carbocycles. The molecule has 0 aromatic carbocycles. The van der Waals surface area contributed by atoms with Crippen molar-refractivity contribution in [3.63, 3.8) is 0 Å². The van der Waals surface area contributed by atoms with Crippen molar-refractivity contribution in [2.45, 2.75) is 67.1 Å². The van der Waals surface area contributed by atoms with Crippen molar-refractivity contribution in [2.24, 2.45) is 0 Å². The zero-order chi connectivity index (χ0) is 25.1. The van der Waals surface area contributed by atoms with E-state index in [1.807, 2.05) is 0 Å². The second-order valence-electron chi connectivity index (χ2n) is 5.84. The van der Waals surface area contributed by atoms with Crippen LogP contribution in [0.5, 0.6) is 0 Å². The quantitative estimate of drug-likeness (QED) is 0.247. The predicted molar refractivity (Wildman–Crippen MR) is 75.4 cm³/mol. The summed E-state index contributed by atoms with van der Waals surface area (Å²) in [5, 5.41) is 0. The number of hydrogen-bond acceptors (Lipinski definition) is 3. The van der Waals surface area contributed by atoms with Crippen LogP contribution in [0.25, 0.3) is 0 Å². The van der Waals surface area contributed by atoms with E-state index in [1.165, 1.54) is 0 Å². The van der Waals surface area contributed by atoms with Gasteiger partial charge >= 0.3 is 174 Å². The molecule has 0 aliphatic carbocycles. The molecule has 0 spiro atoms. The van der Waals surface area contributed by atoms with E-state index in [-0.39, 0.29) is 0 Å². The maximum absolute atomic E-state index is 14.6. The fraction of sp³-hybridized carbons (Fsp3) is 1.00. The SMILES string of the molecule is CC[O][Zr]([O]CC)([O]CC)[CH](F)C(F)(F)C(F)(F)C(F)(F)C(F)(F)C(F)C(F)C(F)F. The van der Waals surface area contributed by atoms with Crippen molar-refractivity contribution in [1.82, 2.24) is 0 Å². The average molecular weight is 574 g/mol. The van der Waals surface area contributed by atoms with E-state index in [9.17, 15) is 57.1 Å². The molecule has 0 aliphatic heterocycles. The molecule has 0 saturated heterocycles. The summed E-state index contributed by atoms with van der Waals surface area (Å²) >= 11 is -6.54. The van der Waals surface area contributed by atoms with Crippen LogP contribution in [-0.2, 0) is 30.0 Å². The molecule has 0 aliphatic rings. The van der Waals surface area contributed by atoms with Gasteiger partial charge in [-0.1, -0.05) is 0 Å². The van der Waals surface area contributed by atoms with E-state index in [0.717, 1.165) is 20.8 Å². The molecule has 17 heteroatoms. The Morgan fingerprint density at radius 3 is 1.23 bits per heavy atom. The van der Waals surface area contributed by atoms with E-state index < -0.39 is 87.7 Å². The third kappa shape index (κ3) is 5.51. The van der Waals surface area contributed by atoms with Gasteiger partial charge in [0.25, 0.3) is 0 Å². The molecule has 3 atom stereocenters. The Morgan fingerprint density at radius 1 is 0.613 bits per heavy atom. The van der Waals surface area contributed by atoms with E-state index >= 15 is 0 Å². The summed E-state index contributed by atoms with van der Waals surface area (Å²) in [4.78, 5) is 0. The van der Waals surface area contributed by atoms with Crippen LogP contribution in [0.2, 0.25) is 0 Å². The maximum atomic E-state index is 14.6. The fourth-order valence-corrected chi connectivity index (χ4v) is 8.45. The molecule has 0 N–H and O–H groups in total. The van der Waals surface area contributed by atoms with Gasteiger partial charge in [0.15, 0.2) is 0 Å². The van der Waals surface area contributed by atoms with E-state index in [4.69, 9.17) is 0 Å². The molecule has 31 heavy (non-hydrogen) atoms. The number of halogens is 13. The van der Waals surface area contributed by atoms with Gasteiger partial charge in [-0.15, -0.1) is 0 Å². The molecule has 0 radical (unpaired) electrons. The van der Waals surface area contributed by atoms with Crippen LogP contribution in [0.15, 0.2) is 0 Å². The van der Waals surface area contributed by atoms with Crippen LogP contribution in [0.1, 0.15) is 20.8 Å². The van der Waals surface area contributed by atoms with Crippen LogP contribution in [0, 0.1) is 0 Å². The molecule has 3 unspecified atom stereocenters. The summed E-state index contributed by atoms with van der Waals surface area (Å²) in [6.45, 7) is 1.01. The normalized spacial score (nSPS) is 17.7. The van der Waals surface area contributed by atoms with Gasteiger partial charge in [-0.2, -0.15) is 0 Å². The Hall–Kier alpha value is -0.147. The Bertz CT molecular complexity index is 547. The van der Waals surface area contributed by atoms with E-state index in [0.29, 0.717) is 0 Å². The Morgan fingerprint density at radius 2 is 0.935 bits per heavy atom. The van der Waals surface area contributed by atoms with E-state index in [2.05, 4.69) is 8.44 Å². The molecule has 0 bridgehead atoms. The summed E-state index contributed by atoms with van der Waals surface area (Å²) < 4.78 is 185. The number of rotatable bonds is 14. The van der Waals surface area contributed by atoms with Gasteiger partial charge in [-0.05, 0) is 0 Å². The third-order valence-electron chi connectivity index (χ3n) is 3.76. The average Bonchev–Trinajstić information content (AvgIpc) is 2.65. The molecule has 0 rings (SSSR count). The topological polar surface area (TPSA) is 27.7 Å². The first-order valence-electron chi connectivity index (χ1n) is 8.49. The molecule has 0 aromatic rings. The molecule has 0 amide bonds. The zero-order valence-electron chi connectivity index (χ0n) is 16.1. The summed E-state index contributed by atoms with van der Waals surface area (Å²) in [5.74, 6) is -28.8. The molecule has 0 heterocycles. The van der Waals surface area contributed by atoms with Crippen molar-refractivity contribution >= 4 is 0 Å². The van der Waals surface area contributed by atoms with Gasteiger partial charge in [0.1, 0.15) is 0 Å². The molecule has 188 valence electrons. The molecule has 0 fully saturated rings. The Balaban J connectivity index is 6.45. The summed E-state index contributed by atoms with van der Waals surface area (Å²) in [5.41, 5.74) is 0. The first kappa shape index (κ1) is 30.9. The van der Waals surface area contributed by atoms with Gasteiger partial charge in [-0.3, -0.25) is 0 Å². The monoisotopic (exact) mass is 572 g/mol.